The van der Waals surface area contributed by atoms with Crippen LogP contribution >= 0.6 is 34.5 Å². The molecule has 0 spiro atoms. The number of benzene rings is 1. The lowest BCUT2D eigenvalue weighted by Crippen LogP contribution is -2.12. The molecule has 0 saturated carbocycles. The third-order valence-corrected chi connectivity index (χ3v) is 3.86. The second-order valence-corrected chi connectivity index (χ2v) is 5.93. The first-order valence-corrected chi connectivity index (χ1v) is 7.20. The fraction of sp³-hybridized carbons (Fsp3) is 0.333. The molecule has 18 heavy (non-hydrogen) atoms. The number of alkyl halides is 1. The Morgan fingerprint density at radius 2 is 2.22 bits per heavy atom. The topological polar surface area (TPSA) is 42.0 Å². The van der Waals surface area contributed by atoms with Gasteiger partial charge in [-0.25, -0.2) is 4.98 Å². The summed E-state index contributed by atoms with van der Waals surface area (Å²) < 4.78 is 0.969. The molecule has 2 rings (SSSR count). The number of carbonyl (C=O) groups is 1. The molecule has 0 fully saturated rings. The number of thiazole rings is 1. The summed E-state index contributed by atoms with van der Waals surface area (Å²) in [6, 6.07) is 3.78. The fourth-order valence-corrected chi connectivity index (χ4v) is 2.98. The Morgan fingerprint density at radius 1 is 1.50 bits per heavy atom. The van der Waals surface area contributed by atoms with Crippen molar-refractivity contribution in [2.45, 2.75) is 19.8 Å². The van der Waals surface area contributed by atoms with E-state index in [1.165, 1.54) is 11.3 Å². The van der Waals surface area contributed by atoms with E-state index in [-0.39, 0.29) is 11.8 Å². The molecule has 0 saturated heterocycles. The summed E-state index contributed by atoms with van der Waals surface area (Å²) in [5.74, 6) is -0.00827. The van der Waals surface area contributed by atoms with Gasteiger partial charge in [-0.1, -0.05) is 36.8 Å². The first-order chi connectivity index (χ1) is 8.51. The molecule has 1 heterocycles. The van der Waals surface area contributed by atoms with E-state index in [0.29, 0.717) is 16.1 Å². The van der Waals surface area contributed by atoms with Crippen molar-refractivity contribution in [2.75, 3.05) is 11.2 Å². The second kappa shape index (κ2) is 5.43. The van der Waals surface area contributed by atoms with Gasteiger partial charge in [-0.15, -0.1) is 11.6 Å². The Balaban J connectivity index is 2.50. The molecular weight excluding hydrogens is 291 g/mol. The van der Waals surface area contributed by atoms with Crippen molar-refractivity contribution in [1.82, 2.24) is 4.98 Å². The highest BCUT2D eigenvalue weighted by Crippen LogP contribution is 2.34. The molecule has 2 aromatic rings. The fourth-order valence-electron chi connectivity index (χ4n) is 1.67. The number of aromatic nitrogens is 1. The number of rotatable bonds is 3. The standard InChI is InChI=1S/C12H12Cl2N2OS/c1-6(2)8-3-7(14)4-9-11(8)16-12(18-9)15-10(17)5-13/h3-4,6H,5H2,1-2H3,(H,15,16,17). The smallest absolute Gasteiger partial charge is 0.241 e. The normalized spacial score (nSPS) is 11.2. The number of fused-ring (bicyclic) bond motifs is 1. The van der Waals surface area contributed by atoms with Gasteiger partial charge in [-0.3, -0.25) is 4.79 Å². The molecule has 96 valence electrons. The lowest BCUT2D eigenvalue weighted by atomic mass is 10.0. The molecule has 0 aliphatic carbocycles. The zero-order valence-corrected chi connectivity index (χ0v) is 12.3. The number of halogens is 2. The van der Waals surface area contributed by atoms with E-state index < -0.39 is 0 Å². The average Bonchev–Trinajstić information content (AvgIpc) is 2.69. The maximum absolute atomic E-state index is 11.2. The molecular formula is C12H12Cl2N2OS. The highest BCUT2D eigenvalue weighted by molar-refractivity contribution is 7.22. The van der Waals surface area contributed by atoms with Crippen LogP contribution in [0.1, 0.15) is 25.3 Å². The summed E-state index contributed by atoms with van der Waals surface area (Å²) in [7, 11) is 0. The van der Waals surface area contributed by atoms with Crippen molar-refractivity contribution < 1.29 is 4.79 Å². The molecule has 3 nitrogen and oxygen atoms in total. The number of hydrogen-bond donors (Lipinski definition) is 1. The summed E-state index contributed by atoms with van der Waals surface area (Å²) in [4.78, 5) is 15.7. The van der Waals surface area contributed by atoms with Crippen LogP contribution in [0.25, 0.3) is 10.2 Å². The zero-order chi connectivity index (χ0) is 13.3. The van der Waals surface area contributed by atoms with Crippen LogP contribution in [0, 0.1) is 0 Å². The van der Waals surface area contributed by atoms with Crippen LogP contribution < -0.4 is 5.32 Å². The molecule has 0 unspecified atom stereocenters. The van der Waals surface area contributed by atoms with Crippen molar-refractivity contribution in [2.24, 2.45) is 0 Å². The summed E-state index contributed by atoms with van der Waals surface area (Å²) >= 11 is 12.9. The molecule has 1 aromatic carbocycles. The van der Waals surface area contributed by atoms with Gasteiger partial charge < -0.3 is 5.32 Å². The predicted molar refractivity (Wildman–Crippen MR) is 78.1 cm³/mol. The molecule has 1 N–H and O–H groups in total. The van der Waals surface area contributed by atoms with E-state index >= 15 is 0 Å². The highest BCUT2D eigenvalue weighted by Gasteiger charge is 2.13. The first-order valence-electron chi connectivity index (χ1n) is 5.47. The van der Waals surface area contributed by atoms with Gasteiger partial charge in [0, 0.05) is 5.02 Å². The third-order valence-electron chi connectivity index (χ3n) is 2.48. The van der Waals surface area contributed by atoms with Gasteiger partial charge in [0.1, 0.15) is 5.88 Å². The van der Waals surface area contributed by atoms with Crippen LogP contribution in [0.5, 0.6) is 0 Å². The SMILES string of the molecule is CC(C)c1cc(Cl)cc2sc(NC(=O)CCl)nc12. The van der Waals surface area contributed by atoms with Crippen molar-refractivity contribution in [3.8, 4) is 0 Å². The number of hydrogen-bond acceptors (Lipinski definition) is 3. The third kappa shape index (κ3) is 2.76. The Kier molecular flexibility index (Phi) is 4.10. The Hall–Kier alpha value is -0.840. The zero-order valence-electron chi connectivity index (χ0n) is 9.96. The van der Waals surface area contributed by atoms with Crippen molar-refractivity contribution >= 4 is 55.8 Å². The van der Waals surface area contributed by atoms with Crippen molar-refractivity contribution in [3.05, 3.63) is 22.7 Å². The molecule has 0 aliphatic heterocycles. The number of amides is 1. The Labute approximate surface area is 119 Å². The van der Waals surface area contributed by atoms with E-state index in [2.05, 4.69) is 24.1 Å². The molecule has 0 radical (unpaired) electrons. The molecule has 6 heteroatoms. The minimum absolute atomic E-state index is 0.0757. The Bertz CT molecular complexity index is 595. The number of nitrogens with one attached hydrogen (secondary N) is 1. The monoisotopic (exact) mass is 302 g/mol. The summed E-state index contributed by atoms with van der Waals surface area (Å²) in [5, 5.41) is 3.90. The molecule has 0 atom stereocenters. The van der Waals surface area contributed by atoms with E-state index in [0.717, 1.165) is 15.8 Å². The quantitative estimate of drug-likeness (QED) is 0.861. The maximum Gasteiger partial charge on any atom is 0.241 e. The van der Waals surface area contributed by atoms with Crippen molar-refractivity contribution in [3.63, 3.8) is 0 Å². The number of nitrogens with zero attached hydrogens (tertiary/aromatic N) is 1. The van der Waals surface area contributed by atoms with Crippen LogP contribution in [0.15, 0.2) is 12.1 Å². The minimum atomic E-state index is -0.257. The van der Waals surface area contributed by atoms with E-state index in [1.54, 1.807) is 0 Å². The summed E-state index contributed by atoms with van der Waals surface area (Å²) in [6.45, 7) is 4.17. The van der Waals surface area contributed by atoms with Crippen LogP contribution in [0.3, 0.4) is 0 Å². The average molecular weight is 303 g/mol. The largest absolute Gasteiger partial charge is 0.301 e. The van der Waals surface area contributed by atoms with Gasteiger partial charge >= 0.3 is 0 Å². The van der Waals surface area contributed by atoms with Gasteiger partial charge in [-0.2, -0.15) is 0 Å². The van der Waals surface area contributed by atoms with Crippen molar-refractivity contribution in [1.29, 1.82) is 0 Å². The molecule has 0 aliphatic rings. The van der Waals surface area contributed by atoms with Crippen LogP contribution in [0.4, 0.5) is 5.13 Å². The first kappa shape index (κ1) is 13.6. The maximum atomic E-state index is 11.2. The molecule has 1 amide bonds. The van der Waals surface area contributed by atoms with Gasteiger partial charge in [0.15, 0.2) is 5.13 Å². The van der Waals surface area contributed by atoms with Gasteiger partial charge in [0.25, 0.3) is 0 Å². The van der Waals surface area contributed by atoms with Crippen LogP contribution in [0.2, 0.25) is 5.02 Å². The van der Waals surface area contributed by atoms with Gasteiger partial charge in [-0.05, 0) is 23.6 Å². The number of carbonyl (C=O) groups excluding carboxylic acids is 1. The van der Waals surface area contributed by atoms with Crippen LogP contribution in [-0.2, 0) is 4.79 Å². The van der Waals surface area contributed by atoms with Gasteiger partial charge in [0.05, 0.1) is 10.2 Å². The lowest BCUT2D eigenvalue weighted by Gasteiger charge is -2.06. The molecule has 0 bridgehead atoms. The summed E-state index contributed by atoms with van der Waals surface area (Å²) in [5.41, 5.74) is 1.98. The number of anilines is 1. The molecule has 1 aromatic heterocycles. The van der Waals surface area contributed by atoms with Crippen LogP contribution in [-0.4, -0.2) is 16.8 Å². The summed E-state index contributed by atoms with van der Waals surface area (Å²) in [6.07, 6.45) is 0. The highest BCUT2D eigenvalue weighted by atomic mass is 35.5. The second-order valence-electron chi connectivity index (χ2n) is 4.20. The minimum Gasteiger partial charge on any atom is -0.301 e. The predicted octanol–water partition coefficient (Wildman–Crippen LogP) is 4.25. The van der Waals surface area contributed by atoms with E-state index in [4.69, 9.17) is 23.2 Å². The van der Waals surface area contributed by atoms with Gasteiger partial charge in [0.2, 0.25) is 5.91 Å². The van der Waals surface area contributed by atoms with E-state index in [9.17, 15) is 4.79 Å². The Morgan fingerprint density at radius 3 is 2.83 bits per heavy atom. The lowest BCUT2D eigenvalue weighted by molar-refractivity contribution is -0.113. The van der Waals surface area contributed by atoms with E-state index in [1.807, 2.05) is 12.1 Å².